The van der Waals surface area contributed by atoms with Crippen molar-refractivity contribution in [2.24, 2.45) is 0 Å². The zero-order valence-corrected chi connectivity index (χ0v) is 13.1. The summed E-state index contributed by atoms with van der Waals surface area (Å²) in [4.78, 5) is 0. The normalized spacial score (nSPS) is 11.6. The van der Waals surface area contributed by atoms with Crippen LogP contribution in [0.4, 0.5) is 0 Å². The van der Waals surface area contributed by atoms with E-state index < -0.39 is 7.38 Å². The van der Waals surface area contributed by atoms with Gasteiger partial charge >= 0.3 is 0 Å². The molecule has 3 heteroatoms. The lowest BCUT2D eigenvalue weighted by molar-refractivity contribution is 1.48. The Morgan fingerprint density at radius 1 is 0.778 bits per heavy atom. The van der Waals surface area contributed by atoms with Gasteiger partial charge in [0.25, 0.3) is 0 Å². The molecule has 0 bridgehead atoms. The van der Waals surface area contributed by atoms with Crippen molar-refractivity contribution in [3.8, 4) is 0 Å². The van der Waals surface area contributed by atoms with Gasteiger partial charge in [-0.3, -0.25) is 0 Å². The fraction of sp³-hybridized carbons (Fsp3) is 0.200. The Morgan fingerprint density at radius 2 is 1.11 bits per heavy atom. The molecule has 0 amide bonds. The van der Waals surface area contributed by atoms with E-state index in [1.165, 1.54) is 21.5 Å². The third kappa shape index (κ3) is 2.63. The molecule has 0 aliphatic heterocycles. The van der Waals surface area contributed by atoms with Crippen molar-refractivity contribution in [3.63, 3.8) is 0 Å². The standard InChI is InChI=1S/C15H16Cl2Si/c1-12-3-7-14(8-4-12)18(17,11-16)15-9-5-13(2)6-10-15/h3-10H,11H2,1-2H3. The van der Waals surface area contributed by atoms with Crippen molar-refractivity contribution < 1.29 is 0 Å². The SMILES string of the molecule is Cc1ccc([Si](Cl)(CCl)c2ccc(C)cc2)cc1. The maximum atomic E-state index is 6.89. The van der Waals surface area contributed by atoms with E-state index in [0.717, 1.165) is 0 Å². The van der Waals surface area contributed by atoms with Gasteiger partial charge in [0.1, 0.15) is 0 Å². The van der Waals surface area contributed by atoms with Gasteiger partial charge in [0.15, 0.2) is 0 Å². The summed E-state index contributed by atoms with van der Waals surface area (Å²) in [6, 6.07) is 16.8. The summed E-state index contributed by atoms with van der Waals surface area (Å²) in [5.74, 6) is 0. The van der Waals surface area contributed by atoms with Gasteiger partial charge in [-0.25, -0.2) is 0 Å². The third-order valence-corrected chi connectivity index (χ3v) is 9.39. The molecule has 18 heavy (non-hydrogen) atoms. The van der Waals surface area contributed by atoms with Gasteiger partial charge in [0.05, 0.1) is 0 Å². The Hall–Kier alpha value is -0.763. The van der Waals surface area contributed by atoms with Gasteiger partial charge in [-0.1, -0.05) is 59.7 Å². The minimum atomic E-state index is -2.28. The smallest absolute Gasteiger partial charge is 0.154 e. The molecule has 0 aromatic heterocycles. The minimum absolute atomic E-state index is 0.487. The van der Waals surface area contributed by atoms with Crippen LogP contribution in [0, 0.1) is 13.8 Å². The quantitative estimate of drug-likeness (QED) is 0.462. The predicted molar refractivity (Wildman–Crippen MR) is 84.0 cm³/mol. The number of halogens is 2. The molecule has 2 aromatic rings. The highest BCUT2D eigenvalue weighted by molar-refractivity contribution is 7.35. The van der Waals surface area contributed by atoms with E-state index in [2.05, 4.69) is 62.4 Å². The number of hydrogen-bond donors (Lipinski definition) is 0. The van der Waals surface area contributed by atoms with Crippen molar-refractivity contribution >= 4 is 40.4 Å². The van der Waals surface area contributed by atoms with Crippen LogP contribution in [0.15, 0.2) is 48.5 Å². The van der Waals surface area contributed by atoms with Crippen LogP contribution < -0.4 is 10.4 Å². The molecule has 0 saturated carbocycles. The molecule has 0 aliphatic carbocycles. The minimum Gasteiger partial charge on any atom is -0.154 e. The van der Waals surface area contributed by atoms with E-state index in [0.29, 0.717) is 5.50 Å². The van der Waals surface area contributed by atoms with Gasteiger partial charge in [-0.15, -0.1) is 11.6 Å². The molecule has 0 spiro atoms. The molecule has 0 unspecified atom stereocenters. The molecular formula is C15H16Cl2Si. The predicted octanol–water partition coefficient (Wildman–Crippen LogP) is 3.38. The van der Waals surface area contributed by atoms with Crippen LogP contribution in [-0.2, 0) is 0 Å². The third-order valence-electron chi connectivity index (χ3n) is 3.20. The van der Waals surface area contributed by atoms with Crippen LogP contribution in [0.5, 0.6) is 0 Å². The average Bonchev–Trinajstić information content (AvgIpc) is 2.39. The van der Waals surface area contributed by atoms with E-state index in [9.17, 15) is 0 Å². The van der Waals surface area contributed by atoms with Gasteiger partial charge in [0, 0.05) is 5.50 Å². The maximum absolute atomic E-state index is 6.89. The number of aryl methyl sites for hydroxylation is 2. The van der Waals surface area contributed by atoms with Crippen molar-refractivity contribution in [2.75, 3.05) is 5.50 Å². The first-order valence-electron chi connectivity index (χ1n) is 5.95. The van der Waals surface area contributed by atoms with Gasteiger partial charge in [-0.2, -0.15) is 11.1 Å². The Balaban J connectivity index is 2.47. The molecule has 0 N–H and O–H groups in total. The summed E-state index contributed by atoms with van der Waals surface area (Å²) in [7, 11) is -2.28. The fourth-order valence-electron chi connectivity index (χ4n) is 1.96. The summed E-state index contributed by atoms with van der Waals surface area (Å²) in [5.41, 5.74) is 2.97. The van der Waals surface area contributed by atoms with Crippen molar-refractivity contribution in [1.29, 1.82) is 0 Å². The summed E-state index contributed by atoms with van der Waals surface area (Å²) >= 11 is 13.1. The molecule has 0 nitrogen and oxygen atoms in total. The second-order valence-corrected chi connectivity index (χ2v) is 10.4. The molecule has 0 radical (unpaired) electrons. The second kappa shape index (κ2) is 5.48. The largest absolute Gasteiger partial charge is 0.231 e. The Morgan fingerprint density at radius 3 is 1.39 bits per heavy atom. The number of hydrogen-bond acceptors (Lipinski definition) is 0. The highest BCUT2D eigenvalue weighted by Crippen LogP contribution is 2.13. The Kier molecular flexibility index (Phi) is 4.16. The van der Waals surface area contributed by atoms with E-state index in [-0.39, 0.29) is 0 Å². The Bertz CT molecular complexity index is 472. The lowest BCUT2D eigenvalue weighted by Gasteiger charge is -2.23. The zero-order chi connectivity index (χ0) is 13.2. The Labute approximate surface area is 119 Å². The van der Waals surface area contributed by atoms with E-state index in [4.69, 9.17) is 22.7 Å². The first kappa shape index (κ1) is 13.7. The molecule has 0 heterocycles. The molecule has 0 atom stereocenters. The fourth-order valence-corrected chi connectivity index (χ4v) is 5.67. The lowest BCUT2D eigenvalue weighted by atomic mass is 10.2. The van der Waals surface area contributed by atoms with Gasteiger partial charge in [-0.05, 0) is 24.2 Å². The van der Waals surface area contributed by atoms with E-state index in [1.54, 1.807) is 0 Å². The molecule has 2 aromatic carbocycles. The first-order valence-corrected chi connectivity index (χ1v) is 9.71. The first-order chi connectivity index (χ1) is 8.56. The van der Waals surface area contributed by atoms with Crippen LogP contribution in [0.1, 0.15) is 11.1 Å². The molecule has 0 fully saturated rings. The highest BCUT2D eigenvalue weighted by Gasteiger charge is 2.34. The molecular weight excluding hydrogens is 279 g/mol. The molecule has 0 saturated heterocycles. The molecule has 0 aliphatic rings. The molecule has 2 rings (SSSR count). The van der Waals surface area contributed by atoms with Gasteiger partial charge < -0.3 is 0 Å². The number of alkyl halides is 1. The van der Waals surface area contributed by atoms with Crippen molar-refractivity contribution in [1.82, 2.24) is 0 Å². The summed E-state index contributed by atoms with van der Waals surface area (Å²) in [6.07, 6.45) is 0. The second-order valence-electron chi connectivity index (χ2n) is 4.67. The zero-order valence-electron chi connectivity index (χ0n) is 10.6. The monoisotopic (exact) mass is 294 g/mol. The van der Waals surface area contributed by atoms with Crippen molar-refractivity contribution in [3.05, 3.63) is 59.7 Å². The average molecular weight is 295 g/mol. The van der Waals surface area contributed by atoms with Crippen LogP contribution in [0.3, 0.4) is 0 Å². The number of rotatable bonds is 3. The number of benzene rings is 2. The van der Waals surface area contributed by atoms with Crippen LogP contribution >= 0.6 is 22.7 Å². The highest BCUT2D eigenvalue weighted by atomic mass is 35.6. The lowest BCUT2D eigenvalue weighted by Crippen LogP contribution is -2.55. The van der Waals surface area contributed by atoms with Crippen LogP contribution in [-0.4, -0.2) is 12.9 Å². The summed E-state index contributed by atoms with van der Waals surface area (Å²) in [5, 5.41) is 2.35. The summed E-state index contributed by atoms with van der Waals surface area (Å²) < 4.78 is 0. The maximum Gasteiger partial charge on any atom is 0.231 e. The summed E-state index contributed by atoms with van der Waals surface area (Å²) in [6.45, 7) is 4.15. The van der Waals surface area contributed by atoms with Crippen LogP contribution in [0.2, 0.25) is 0 Å². The van der Waals surface area contributed by atoms with E-state index >= 15 is 0 Å². The van der Waals surface area contributed by atoms with Crippen molar-refractivity contribution in [2.45, 2.75) is 13.8 Å². The van der Waals surface area contributed by atoms with Crippen LogP contribution in [0.25, 0.3) is 0 Å². The molecule has 94 valence electrons. The van der Waals surface area contributed by atoms with E-state index in [1.807, 2.05) is 0 Å². The van der Waals surface area contributed by atoms with Gasteiger partial charge in [0.2, 0.25) is 7.38 Å². The topological polar surface area (TPSA) is 0 Å².